The van der Waals surface area contributed by atoms with Crippen LogP contribution in [0.5, 0.6) is 0 Å². The number of carbonyl (C=O) groups is 1. The molecule has 0 spiro atoms. The summed E-state index contributed by atoms with van der Waals surface area (Å²) in [7, 11) is 0. The Morgan fingerprint density at radius 2 is 2.00 bits per heavy atom. The average molecular weight is 201 g/mol. The van der Waals surface area contributed by atoms with E-state index in [-0.39, 0.29) is 57.3 Å². The summed E-state index contributed by atoms with van der Waals surface area (Å²) in [6.45, 7) is 1.39. The Hall–Kier alpha value is -0.00364. The predicted octanol–water partition coefficient (Wildman–Crippen LogP) is -1.89. The minimum Gasteiger partial charge on any atom is -0.379 e. The van der Waals surface area contributed by atoms with Crippen molar-refractivity contribution in [3.63, 3.8) is 0 Å². The van der Waals surface area contributed by atoms with E-state index in [0.717, 1.165) is 0 Å². The van der Waals surface area contributed by atoms with E-state index in [1.807, 2.05) is 0 Å². The maximum Gasteiger partial charge on any atom is 1.00 e. The van der Waals surface area contributed by atoms with Gasteiger partial charge in [-0.05, 0) is 0 Å². The zero-order valence-electron chi connectivity index (χ0n) is 7.63. The molecule has 0 saturated carbocycles. The van der Waals surface area contributed by atoms with E-state index in [2.05, 4.69) is 5.32 Å². The van der Waals surface area contributed by atoms with E-state index in [9.17, 15) is 9.59 Å². The number of rotatable bonds is 2. The second-order valence-electron chi connectivity index (χ2n) is 2.33. The first kappa shape index (κ1) is 13.0. The predicted molar refractivity (Wildman–Crippen MR) is 45.5 cm³/mol. The molecule has 1 N–H and O–H groups in total. The largest absolute Gasteiger partial charge is 1.00 e. The third-order valence-corrected chi connectivity index (χ3v) is 1.35. The van der Waals surface area contributed by atoms with Gasteiger partial charge in [0.15, 0.2) is 0 Å². The Morgan fingerprint density at radius 3 is 2.54 bits per heavy atom. The van der Waals surface area contributed by atoms with Crippen LogP contribution in [0.15, 0.2) is 24.3 Å². The fraction of sp³-hybridized carbons (Fsp3) is 0.111. The van der Waals surface area contributed by atoms with Crippen molar-refractivity contribution in [3.8, 4) is 0 Å². The Morgan fingerprint density at radius 1 is 1.38 bits per heavy atom. The first-order valence-corrected chi connectivity index (χ1v) is 3.49. The van der Waals surface area contributed by atoms with Crippen molar-refractivity contribution >= 4 is 17.9 Å². The van der Waals surface area contributed by atoms with Gasteiger partial charge in [0.05, 0.1) is 6.29 Å². The molecular weight excluding hydrogens is 193 g/mol. The molecule has 0 unspecified atom stereocenters. The van der Waals surface area contributed by atoms with Crippen LogP contribution in [0.1, 0.15) is 12.5 Å². The molecule has 0 radical (unpaired) electrons. The number of nitrogens with one attached hydrogen (secondary N) is 1. The molecule has 0 fully saturated rings. The third-order valence-electron chi connectivity index (χ3n) is 1.35. The average Bonchev–Trinajstić information content (AvgIpc) is 2.04. The van der Waals surface area contributed by atoms with Crippen molar-refractivity contribution < 1.29 is 61.0 Å². The second kappa shape index (κ2) is 6.45. The van der Waals surface area contributed by atoms with Gasteiger partial charge in [-0.3, -0.25) is 4.79 Å². The van der Waals surface area contributed by atoms with Crippen LogP contribution in [0, 0.1) is 0 Å². The zero-order valence-corrected chi connectivity index (χ0v) is 10.7. The fourth-order valence-electron chi connectivity index (χ4n) is 0.871. The normalized spacial score (nSPS) is 8.38. The van der Waals surface area contributed by atoms with E-state index in [1.165, 1.54) is 6.92 Å². The summed E-state index contributed by atoms with van der Waals surface area (Å²) in [5.74, 6) is -0.197. The topological polar surface area (TPSA) is 46.2 Å². The van der Waals surface area contributed by atoms with Gasteiger partial charge in [0.1, 0.15) is 0 Å². The molecule has 0 bridgehead atoms. The Labute approximate surface area is 119 Å². The SMILES string of the molecule is CC(=O)Nc1ccccc1[C-]=O.[K+]. The summed E-state index contributed by atoms with van der Waals surface area (Å²) in [6.07, 6.45) is 1.74. The molecule has 3 nitrogen and oxygen atoms in total. The molecule has 1 aromatic carbocycles. The summed E-state index contributed by atoms with van der Waals surface area (Å²) in [5.41, 5.74) is 0.868. The van der Waals surface area contributed by atoms with Crippen molar-refractivity contribution in [1.82, 2.24) is 0 Å². The molecule has 0 aliphatic heterocycles. The maximum atomic E-state index is 10.6. The molecule has 0 aliphatic carbocycles. The van der Waals surface area contributed by atoms with Crippen molar-refractivity contribution in [3.05, 3.63) is 29.8 Å². The molecular formula is C9H8KNO2. The van der Waals surface area contributed by atoms with Crippen LogP contribution in [-0.4, -0.2) is 12.2 Å². The van der Waals surface area contributed by atoms with Crippen LogP contribution in [0.4, 0.5) is 5.69 Å². The minimum absolute atomic E-state index is 0. The fourth-order valence-corrected chi connectivity index (χ4v) is 0.871. The number of anilines is 1. The van der Waals surface area contributed by atoms with Crippen molar-refractivity contribution in [1.29, 1.82) is 0 Å². The van der Waals surface area contributed by atoms with E-state index in [4.69, 9.17) is 0 Å². The first-order valence-electron chi connectivity index (χ1n) is 3.49. The summed E-state index contributed by atoms with van der Waals surface area (Å²) >= 11 is 0. The summed E-state index contributed by atoms with van der Waals surface area (Å²) < 4.78 is 0. The molecule has 1 aromatic rings. The number of hydrogen-bond donors (Lipinski definition) is 1. The monoisotopic (exact) mass is 201 g/mol. The molecule has 0 atom stereocenters. The molecule has 13 heavy (non-hydrogen) atoms. The van der Waals surface area contributed by atoms with Crippen LogP contribution in [0.25, 0.3) is 0 Å². The van der Waals surface area contributed by atoms with Gasteiger partial charge >= 0.3 is 51.4 Å². The van der Waals surface area contributed by atoms with E-state index in [0.29, 0.717) is 11.3 Å². The Balaban J connectivity index is 0.00000144. The Bertz CT molecular complexity index is 312. The van der Waals surface area contributed by atoms with Crippen LogP contribution in [-0.2, 0) is 9.59 Å². The standard InChI is InChI=1S/C9H8NO2.K/c1-7(12)10-9-5-3-2-4-8(9)6-11;/h2-5H,1H3,(H,10,12);/q-1;+1. The van der Waals surface area contributed by atoms with Crippen LogP contribution < -0.4 is 56.7 Å². The molecule has 1 amide bonds. The first-order chi connectivity index (χ1) is 5.74. The van der Waals surface area contributed by atoms with E-state index < -0.39 is 0 Å². The van der Waals surface area contributed by atoms with Crippen LogP contribution >= 0.6 is 0 Å². The third kappa shape index (κ3) is 4.15. The van der Waals surface area contributed by atoms with Crippen molar-refractivity contribution in [2.24, 2.45) is 0 Å². The summed E-state index contributed by atoms with van der Waals surface area (Å²) in [4.78, 5) is 21.0. The molecule has 0 saturated heterocycles. The number of benzene rings is 1. The quantitative estimate of drug-likeness (QED) is 0.449. The van der Waals surface area contributed by atoms with Gasteiger partial charge < -0.3 is 10.1 Å². The van der Waals surface area contributed by atoms with Gasteiger partial charge in [-0.2, -0.15) is 6.07 Å². The van der Waals surface area contributed by atoms with Gasteiger partial charge in [-0.1, -0.05) is 17.8 Å². The summed E-state index contributed by atoms with van der Waals surface area (Å²) in [5, 5.41) is 2.52. The second-order valence-corrected chi connectivity index (χ2v) is 2.33. The van der Waals surface area contributed by atoms with Crippen LogP contribution in [0.2, 0.25) is 0 Å². The minimum atomic E-state index is -0.197. The molecule has 0 heterocycles. The van der Waals surface area contributed by atoms with Gasteiger partial charge in [-0.15, -0.1) is 11.6 Å². The molecule has 0 aromatic heterocycles. The Kier molecular flexibility index (Phi) is 6.45. The number of amides is 1. The van der Waals surface area contributed by atoms with Crippen molar-refractivity contribution in [2.75, 3.05) is 5.32 Å². The van der Waals surface area contributed by atoms with Crippen molar-refractivity contribution in [2.45, 2.75) is 6.92 Å². The smallest absolute Gasteiger partial charge is 0.379 e. The van der Waals surface area contributed by atoms with E-state index in [1.54, 1.807) is 30.6 Å². The number of carbonyl (C=O) groups excluding carboxylic acids is 2. The molecule has 4 heteroatoms. The van der Waals surface area contributed by atoms with Crippen LogP contribution in [0.3, 0.4) is 0 Å². The zero-order chi connectivity index (χ0) is 8.97. The molecule has 1 rings (SSSR count). The maximum absolute atomic E-state index is 10.6. The molecule has 62 valence electrons. The number of para-hydroxylation sites is 1. The van der Waals surface area contributed by atoms with Gasteiger partial charge in [0.25, 0.3) is 0 Å². The summed E-state index contributed by atoms with van der Waals surface area (Å²) in [6, 6.07) is 6.71. The van der Waals surface area contributed by atoms with Gasteiger partial charge in [0, 0.05) is 6.92 Å². The van der Waals surface area contributed by atoms with Gasteiger partial charge in [0.2, 0.25) is 5.91 Å². The van der Waals surface area contributed by atoms with E-state index >= 15 is 0 Å². The molecule has 0 aliphatic rings. The number of hydrogen-bond acceptors (Lipinski definition) is 2. The van der Waals surface area contributed by atoms with Gasteiger partial charge in [-0.25, -0.2) is 0 Å².